The van der Waals surface area contributed by atoms with E-state index in [9.17, 15) is 4.79 Å². The van der Waals surface area contributed by atoms with E-state index in [0.29, 0.717) is 28.7 Å². The smallest absolute Gasteiger partial charge is 0.338 e. The number of benzene rings is 1. The van der Waals surface area contributed by atoms with Crippen molar-refractivity contribution in [2.45, 2.75) is 26.9 Å². The highest BCUT2D eigenvalue weighted by atomic mass is 16.5. The van der Waals surface area contributed by atoms with E-state index in [-0.39, 0.29) is 13.2 Å². The lowest BCUT2D eigenvalue weighted by Gasteiger charge is -2.10. The summed E-state index contributed by atoms with van der Waals surface area (Å²) < 4.78 is 4.94. The van der Waals surface area contributed by atoms with Crippen molar-refractivity contribution in [3.8, 4) is 6.07 Å². The number of ether oxygens (including phenoxy) is 1. The fourth-order valence-electron chi connectivity index (χ4n) is 1.69. The van der Waals surface area contributed by atoms with Crippen LogP contribution in [0, 0.1) is 11.3 Å². The molecule has 0 aliphatic carbocycles. The van der Waals surface area contributed by atoms with E-state index >= 15 is 0 Å². The van der Waals surface area contributed by atoms with Gasteiger partial charge in [-0.15, -0.1) is 0 Å². The first-order valence-corrected chi connectivity index (χ1v) is 5.51. The summed E-state index contributed by atoms with van der Waals surface area (Å²) in [7, 11) is 0. The lowest BCUT2D eigenvalue weighted by Crippen LogP contribution is -2.10. The molecule has 0 saturated heterocycles. The second-order valence-electron chi connectivity index (χ2n) is 3.51. The lowest BCUT2D eigenvalue weighted by atomic mass is 9.96. The number of hydrogen-bond donors (Lipinski definition) is 1. The van der Waals surface area contributed by atoms with Crippen LogP contribution in [0.2, 0.25) is 0 Å². The summed E-state index contributed by atoms with van der Waals surface area (Å²) in [6, 6.07) is 5.22. The number of carbonyl (C=O) groups is 1. The molecule has 1 rings (SSSR count). The third kappa shape index (κ3) is 2.83. The zero-order valence-corrected chi connectivity index (χ0v) is 9.99. The Bertz CT molecular complexity index is 460. The Morgan fingerprint density at radius 1 is 1.47 bits per heavy atom. The molecule has 0 bridgehead atoms. The molecule has 17 heavy (non-hydrogen) atoms. The molecule has 1 aromatic carbocycles. The van der Waals surface area contributed by atoms with Crippen LogP contribution in [0.4, 0.5) is 0 Å². The van der Waals surface area contributed by atoms with E-state index < -0.39 is 5.97 Å². The third-order valence-electron chi connectivity index (χ3n) is 2.46. The first-order chi connectivity index (χ1) is 8.17. The van der Waals surface area contributed by atoms with Crippen LogP contribution < -0.4 is 0 Å². The molecule has 0 radical (unpaired) electrons. The highest BCUT2D eigenvalue weighted by Crippen LogP contribution is 2.19. The number of nitrogens with zero attached hydrogens (tertiary/aromatic N) is 1. The van der Waals surface area contributed by atoms with Crippen LogP contribution in [0.15, 0.2) is 12.1 Å². The predicted octanol–water partition coefficient (Wildman–Crippen LogP) is 1.79. The van der Waals surface area contributed by atoms with Crippen LogP contribution in [0.25, 0.3) is 0 Å². The normalized spacial score (nSPS) is 9.76. The van der Waals surface area contributed by atoms with Gasteiger partial charge in [-0.3, -0.25) is 0 Å². The molecule has 4 heteroatoms. The van der Waals surface area contributed by atoms with Crippen molar-refractivity contribution in [3.05, 3.63) is 34.4 Å². The fraction of sp³-hybridized carbons (Fsp3) is 0.385. The van der Waals surface area contributed by atoms with E-state index in [1.165, 1.54) is 0 Å². The molecule has 0 aliphatic rings. The second kappa shape index (κ2) is 6.02. The minimum atomic E-state index is -0.448. The van der Waals surface area contributed by atoms with Gasteiger partial charge in [0.2, 0.25) is 0 Å². The van der Waals surface area contributed by atoms with E-state index in [2.05, 4.69) is 0 Å². The molecule has 0 spiro atoms. The standard InChI is InChI=1S/C13H15NO3/c1-3-11-10(7-14)5-9(8-15)6-12(11)13(16)17-4-2/h5-6,15H,3-4,8H2,1-2H3. The highest BCUT2D eigenvalue weighted by Gasteiger charge is 2.16. The molecule has 0 unspecified atom stereocenters. The summed E-state index contributed by atoms with van der Waals surface area (Å²) in [5.74, 6) is -0.448. The zero-order chi connectivity index (χ0) is 12.8. The van der Waals surface area contributed by atoms with Gasteiger partial charge in [0.15, 0.2) is 0 Å². The van der Waals surface area contributed by atoms with E-state index in [1.807, 2.05) is 13.0 Å². The molecular formula is C13H15NO3. The number of esters is 1. The maximum atomic E-state index is 11.7. The van der Waals surface area contributed by atoms with Crippen LogP contribution in [-0.4, -0.2) is 17.7 Å². The van der Waals surface area contributed by atoms with E-state index in [1.54, 1.807) is 19.1 Å². The van der Waals surface area contributed by atoms with Crippen molar-refractivity contribution in [2.24, 2.45) is 0 Å². The first-order valence-electron chi connectivity index (χ1n) is 5.51. The van der Waals surface area contributed by atoms with Gasteiger partial charge in [0.05, 0.1) is 30.4 Å². The number of rotatable bonds is 4. The van der Waals surface area contributed by atoms with Crippen molar-refractivity contribution >= 4 is 5.97 Å². The Kier molecular flexibility index (Phi) is 4.68. The molecule has 0 atom stereocenters. The van der Waals surface area contributed by atoms with Gasteiger partial charge in [0.1, 0.15) is 0 Å². The molecule has 0 aliphatic heterocycles. The molecular weight excluding hydrogens is 218 g/mol. The van der Waals surface area contributed by atoms with Crippen LogP contribution in [0.1, 0.15) is 40.9 Å². The Balaban J connectivity index is 3.35. The number of aliphatic hydroxyl groups is 1. The Morgan fingerprint density at radius 3 is 2.65 bits per heavy atom. The Labute approximate surface area is 100 Å². The number of hydrogen-bond acceptors (Lipinski definition) is 4. The van der Waals surface area contributed by atoms with Crippen molar-refractivity contribution in [1.29, 1.82) is 5.26 Å². The summed E-state index contributed by atoms with van der Waals surface area (Å²) in [6.07, 6.45) is 0.572. The molecule has 4 nitrogen and oxygen atoms in total. The van der Waals surface area contributed by atoms with Gasteiger partial charge < -0.3 is 9.84 Å². The highest BCUT2D eigenvalue weighted by molar-refractivity contribution is 5.92. The summed E-state index contributed by atoms with van der Waals surface area (Å²) in [5.41, 5.74) is 2.00. The molecule has 0 heterocycles. The average Bonchev–Trinajstić information content (AvgIpc) is 2.37. The number of nitriles is 1. The molecule has 90 valence electrons. The van der Waals surface area contributed by atoms with Crippen LogP contribution in [0.5, 0.6) is 0 Å². The zero-order valence-electron chi connectivity index (χ0n) is 9.99. The van der Waals surface area contributed by atoms with Crippen molar-refractivity contribution in [1.82, 2.24) is 0 Å². The van der Waals surface area contributed by atoms with Crippen molar-refractivity contribution < 1.29 is 14.6 Å². The monoisotopic (exact) mass is 233 g/mol. The predicted molar refractivity (Wildman–Crippen MR) is 62.4 cm³/mol. The molecule has 0 fully saturated rings. The number of aliphatic hydroxyl groups excluding tert-OH is 1. The van der Waals surface area contributed by atoms with Crippen LogP contribution >= 0.6 is 0 Å². The summed E-state index contributed by atoms with van der Waals surface area (Å²) >= 11 is 0. The van der Waals surface area contributed by atoms with Crippen molar-refractivity contribution in [2.75, 3.05) is 6.61 Å². The third-order valence-corrected chi connectivity index (χ3v) is 2.46. The van der Waals surface area contributed by atoms with Gasteiger partial charge in [-0.1, -0.05) is 6.92 Å². The number of carbonyl (C=O) groups excluding carboxylic acids is 1. The van der Waals surface area contributed by atoms with Gasteiger partial charge in [0, 0.05) is 0 Å². The second-order valence-corrected chi connectivity index (χ2v) is 3.51. The van der Waals surface area contributed by atoms with Crippen molar-refractivity contribution in [3.63, 3.8) is 0 Å². The minimum absolute atomic E-state index is 0.203. The summed E-state index contributed by atoms with van der Waals surface area (Å²) in [5, 5.41) is 18.1. The van der Waals surface area contributed by atoms with Gasteiger partial charge in [-0.2, -0.15) is 5.26 Å². The van der Waals surface area contributed by atoms with Crippen LogP contribution in [-0.2, 0) is 17.8 Å². The first kappa shape index (κ1) is 13.2. The van der Waals surface area contributed by atoms with Crippen LogP contribution in [0.3, 0.4) is 0 Å². The SMILES string of the molecule is CCOC(=O)c1cc(CO)cc(C#N)c1CC. The lowest BCUT2D eigenvalue weighted by molar-refractivity contribution is 0.0525. The maximum Gasteiger partial charge on any atom is 0.338 e. The fourth-order valence-corrected chi connectivity index (χ4v) is 1.69. The summed E-state index contributed by atoms with van der Waals surface area (Å²) in [6.45, 7) is 3.68. The molecule has 0 amide bonds. The Hall–Kier alpha value is -1.86. The topological polar surface area (TPSA) is 70.3 Å². The molecule has 1 aromatic rings. The minimum Gasteiger partial charge on any atom is -0.462 e. The van der Waals surface area contributed by atoms with Gasteiger partial charge in [-0.25, -0.2) is 4.79 Å². The molecule has 0 aromatic heterocycles. The van der Waals surface area contributed by atoms with Gasteiger partial charge in [0.25, 0.3) is 0 Å². The molecule has 0 saturated carbocycles. The Morgan fingerprint density at radius 2 is 2.18 bits per heavy atom. The summed E-state index contributed by atoms with van der Waals surface area (Å²) in [4.78, 5) is 11.7. The largest absolute Gasteiger partial charge is 0.462 e. The average molecular weight is 233 g/mol. The maximum absolute atomic E-state index is 11.7. The van der Waals surface area contributed by atoms with Gasteiger partial charge >= 0.3 is 5.97 Å². The van der Waals surface area contributed by atoms with E-state index in [0.717, 1.165) is 0 Å². The van der Waals surface area contributed by atoms with Gasteiger partial charge in [-0.05, 0) is 36.6 Å². The molecule has 1 N–H and O–H groups in total. The van der Waals surface area contributed by atoms with E-state index in [4.69, 9.17) is 15.1 Å². The quantitative estimate of drug-likeness (QED) is 0.805.